The lowest BCUT2D eigenvalue weighted by atomic mass is 10.0. The number of halogens is 1. The van der Waals surface area contributed by atoms with E-state index < -0.39 is 0 Å². The molecule has 2 fully saturated rings. The standard InChI is InChI=1S/C14H27ClN2/c1-13(4-6-15)5-7-16-8-10-17(11-9-16)12-14-2-3-14/h13-14H,2-12H2,1H3. The smallest absolute Gasteiger partial charge is 0.0225 e. The third kappa shape index (κ3) is 5.15. The van der Waals surface area contributed by atoms with Gasteiger partial charge in [-0.05, 0) is 44.1 Å². The molecule has 1 heterocycles. The van der Waals surface area contributed by atoms with E-state index >= 15 is 0 Å². The molecule has 1 saturated heterocycles. The molecule has 0 radical (unpaired) electrons. The minimum absolute atomic E-state index is 0.789. The van der Waals surface area contributed by atoms with E-state index in [2.05, 4.69) is 16.7 Å². The van der Waals surface area contributed by atoms with Gasteiger partial charge in [0.1, 0.15) is 0 Å². The van der Waals surface area contributed by atoms with Gasteiger partial charge in [-0.25, -0.2) is 0 Å². The maximum atomic E-state index is 5.77. The summed E-state index contributed by atoms with van der Waals surface area (Å²) in [7, 11) is 0. The Morgan fingerprint density at radius 3 is 2.29 bits per heavy atom. The van der Waals surface area contributed by atoms with E-state index in [1.165, 1.54) is 65.0 Å². The van der Waals surface area contributed by atoms with Crippen LogP contribution in [0.5, 0.6) is 0 Å². The average molecular weight is 259 g/mol. The van der Waals surface area contributed by atoms with Crippen LogP contribution in [0.1, 0.15) is 32.6 Å². The van der Waals surface area contributed by atoms with E-state index in [-0.39, 0.29) is 0 Å². The van der Waals surface area contributed by atoms with Crippen molar-refractivity contribution < 1.29 is 0 Å². The first-order chi connectivity index (χ1) is 8.28. The highest BCUT2D eigenvalue weighted by Crippen LogP contribution is 2.29. The summed E-state index contributed by atoms with van der Waals surface area (Å²) in [5, 5.41) is 0. The van der Waals surface area contributed by atoms with Crippen molar-refractivity contribution >= 4 is 11.6 Å². The van der Waals surface area contributed by atoms with Crippen molar-refractivity contribution in [2.45, 2.75) is 32.6 Å². The molecule has 0 aromatic carbocycles. The van der Waals surface area contributed by atoms with Crippen LogP contribution in [0.3, 0.4) is 0 Å². The molecule has 1 aliphatic carbocycles. The van der Waals surface area contributed by atoms with Crippen molar-refractivity contribution in [1.29, 1.82) is 0 Å². The zero-order valence-electron chi connectivity index (χ0n) is 11.2. The summed E-state index contributed by atoms with van der Waals surface area (Å²) >= 11 is 5.77. The average Bonchev–Trinajstić information content (AvgIpc) is 3.13. The molecule has 100 valence electrons. The van der Waals surface area contributed by atoms with Crippen molar-refractivity contribution in [2.75, 3.05) is 45.1 Å². The predicted octanol–water partition coefficient (Wildman–Crippen LogP) is 2.67. The van der Waals surface area contributed by atoms with Crippen LogP contribution in [-0.2, 0) is 0 Å². The molecule has 0 bridgehead atoms. The Bertz CT molecular complexity index is 210. The van der Waals surface area contributed by atoms with E-state index in [0.717, 1.165) is 17.7 Å². The van der Waals surface area contributed by atoms with Gasteiger partial charge in [-0.1, -0.05) is 6.92 Å². The highest BCUT2D eigenvalue weighted by atomic mass is 35.5. The topological polar surface area (TPSA) is 6.48 Å². The summed E-state index contributed by atoms with van der Waals surface area (Å²) in [6.07, 6.45) is 5.45. The zero-order chi connectivity index (χ0) is 12.1. The number of nitrogens with zero attached hydrogens (tertiary/aromatic N) is 2. The second-order valence-corrected chi connectivity index (χ2v) is 6.34. The lowest BCUT2D eigenvalue weighted by Gasteiger charge is -2.35. The van der Waals surface area contributed by atoms with Crippen LogP contribution >= 0.6 is 11.6 Å². The number of hydrogen-bond donors (Lipinski definition) is 0. The zero-order valence-corrected chi connectivity index (χ0v) is 12.0. The lowest BCUT2D eigenvalue weighted by molar-refractivity contribution is 0.123. The Kier molecular flexibility index (Phi) is 5.58. The quantitative estimate of drug-likeness (QED) is 0.648. The fourth-order valence-corrected chi connectivity index (χ4v) is 2.97. The molecule has 1 unspecified atom stereocenters. The molecule has 0 aromatic rings. The largest absolute Gasteiger partial charge is 0.301 e. The molecular weight excluding hydrogens is 232 g/mol. The molecule has 17 heavy (non-hydrogen) atoms. The maximum Gasteiger partial charge on any atom is 0.0225 e. The first kappa shape index (κ1) is 13.6. The molecule has 0 aromatic heterocycles. The number of alkyl halides is 1. The number of rotatable bonds is 7. The van der Waals surface area contributed by atoms with Crippen LogP contribution < -0.4 is 0 Å². The molecule has 3 heteroatoms. The van der Waals surface area contributed by atoms with Gasteiger partial charge in [-0.15, -0.1) is 11.6 Å². The lowest BCUT2D eigenvalue weighted by Crippen LogP contribution is -2.47. The van der Waals surface area contributed by atoms with Crippen molar-refractivity contribution in [2.24, 2.45) is 11.8 Å². The SMILES string of the molecule is CC(CCCl)CCN1CCN(CC2CC2)CC1. The van der Waals surface area contributed by atoms with Crippen LogP contribution in [0.2, 0.25) is 0 Å². The Hall–Kier alpha value is 0.210. The molecule has 2 aliphatic rings. The van der Waals surface area contributed by atoms with Crippen molar-refractivity contribution in [3.05, 3.63) is 0 Å². The Labute approximate surface area is 111 Å². The second-order valence-electron chi connectivity index (χ2n) is 5.96. The van der Waals surface area contributed by atoms with Gasteiger partial charge >= 0.3 is 0 Å². The number of piperazine rings is 1. The van der Waals surface area contributed by atoms with E-state index in [0.29, 0.717) is 0 Å². The summed E-state index contributed by atoms with van der Waals surface area (Å²) in [4.78, 5) is 5.30. The minimum Gasteiger partial charge on any atom is -0.301 e. The van der Waals surface area contributed by atoms with Crippen molar-refractivity contribution in [3.63, 3.8) is 0 Å². The molecule has 0 N–H and O–H groups in total. The van der Waals surface area contributed by atoms with Crippen molar-refractivity contribution in [1.82, 2.24) is 9.80 Å². The van der Waals surface area contributed by atoms with Gasteiger partial charge in [0.05, 0.1) is 0 Å². The van der Waals surface area contributed by atoms with Gasteiger partial charge in [-0.2, -0.15) is 0 Å². The molecule has 1 saturated carbocycles. The number of hydrogen-bond acceptors (Lipinski definition) is 2. The third-order valence-corrected chi connectivity index (χ3v) is 4.44. The highest BCUT2D eigenvalue weighted by molar-refractivity contribution is 6.17. The van der Waals surface area contributed by atoms with Gasteiger partial charge in [0.15, 0.2) is 0 Å². The molecule has 0 spiro atoms. The molecule has 2 rings (SSSR count). The highest BCUT2D eigenvalue weighted by Gasteiger charge is 2.26. The summed E-state index contributed by atoms with van der Waals surface area (Å²) in [5.41, 5.74) is 0. The fraction of sp³-hybridized carbons (Fsp3) is 1.00. The normalized spacial score (nSPS) is 25.1. The van der Waals surface area contributed by atoms with Crippen LogP contribution in [0, 0.1) is 11.8 Å². The van der Waals surface area contributed by atoms with Gasteiger partial charge in [0.25, 0.3) is 0 Å². The Morgan fingerprint density at radius 2 is 1.71 bits per heavy atom. The van der Waals surface area contributed by atoms with Crippen LogP contribution in [-0.4, -0.2) is 54.9 Å². The van der Waals surface area contributed by atoms with Crippen LogP contribution in [0.25, 0.3) is 0 Å². The Balaban J connectivity index is 1.55. The van der Waals surface area contributed by atoms with Crippen LogP contribution in [0.15, 0.2) is 0 Å². The van der Waals surface area contributed by atoms with E-state index in [4.69, 9.17) is 11.6 Å². The van der Waals surface area contributed by atoms with Gasteiger partial charge < -0.3 is 9.80 Å². The van der Waals surface area contributed by atoms with E-state index in [9.17, 15) is 0 Å². The van der Waals surface area contributed by atoms with Crippen molar-refractivity contribution in [3.8, 4) is 0 Å². The van der Waals surface area contributed by atoms with Gasteiger partial charge in [-0.3, -0.25) is 0 Å². The monoisotopic (exact) mass is 258 g/mol. The molecule has 1 aliphatic heterocycles. The molecule has 0 amide bonds. The summed E-state index contributed by atoms with van der Waals surface area (Å²) in [6.45, 7) is 10.1. The second kappa shape index (κ2) is 6.96. The van der Waals surface area contributed by atoms with Gasteiger partial charge in [0, 0.05) is 38.6 Å². The third-order valence-electron chi connectivity index (χ3n) is 4.22. The van der Waals surface area contributed by atoms with E-state index in [1.54, 1.807) is 0 Å². The molecule has 2 nitrogen and oxygen atoms in total. The maximum absolute atomic E-state index is 5.77. The van der Waals surface area contributed by atoms with Gasteiger partial charge in [0.2, 0.25) is 0 Å². The summed E-state index contributed by atoms with van der Waals surface area (Å²) in [5.74, 6) is 2.65. The Morgan fingerprint density at radius 1 is 1.06 bits per heavy atom. The summed E-state index contributed by atoms with van der Waals surface area (Å²) in [6, 6.07) is 0. The fourth-order valence-electron chi connectivity index (χ4n) is 2.59. The minimum atomic E-state index is 0.789. The van der Waals surface area contributed by atoms with E-state index in [1.807, 2.05) is 0 Å². The first-order valence-electron chi connectivity index (χ1n) is 7.28. The molecular formula is C14H27ClN2. The summed E-state index contributed by atoms with van der Waals surface area (Å²) < 4.78 is 0. The predicted molar refractivity (Wildman–Crippen MR) is 74.7 cm³/mol. The first-order valence-corrected chi connectivity index (χ1v) is 7.82. The van der Waals surface area contributed by atoms with Crippen LogP contribution in [0.4, 0.5) is 0 Å². The molecule has 1 atom stereocenters.